The van der Waals surface area contributed by atoms with E-state index in [0.717, 1.165) is 38.8 Å². The third kappa shape index (κ3) is 6.44. The predicted molar refractivity (Wildman–Crippen MR) is 132 cm³/mol. The number of aliphatic hydroxyl groups is 1. The van der Waals surface area contributed by atoms with E-state index < -0.39 is 11.0 Å². The monoisotopic (exact) mass is 458 g/mol. The summed E-state index contributed by atoms with van der Waals surface area (Å²) in [5, 5.41) is 14.5. The van der Waals surface area contributed by atoms with Crippen LogP contribution in [0.25, 0.3) is 5.57 Å². The SMILES string of the molecule is COCC(C)(COC)C(=O)NCCCN(C)CCC1(O)CC2CCC1C=C2c1ccccc1. The molecule has 1 aromatic rings. The van der Waals surface area contributed by atoms with E-state index in [1.807, 2.05) is 6.92 Å². The Bertz CT molecular complexity index is 791. The number of methoxy groups -OCH3 is 2. The normalized spacial score (nSPS) is 24.7. The second-order valence-electron chi connectivity index (χ2n) is 10.3. The Hall–Kier alpha value is -1.73. The summed E-state index contributed by atoms with van der Waals surface area (Å²) in [6.45, 7) is 4.86. The van der Waals surface area contributed by atoms with Crippen molar-refractivity contribution in [3.63, 3.8) is 0 Å². The van der Waals surface area contributed by atoms with Crippen LogP contribution in [0.15, 0.2) is 36.4 Å². The zero-order valence-corrected chi connectivity index (χ0v) is 20.8. The summed E-state index contributed by atoms with van der Waals surface area (Å²) in [5.74, 6) is 0.656. The van der Waals surface area contributed by atoms with E-state index in [9.17, 15) is 9.90 Å². The number of amides is 1. The van der Waals surface area contributed by atoms with E-state index >= 15 is 0 Å². The van der Waals surface area contributed by atoms with Crippen molar-refractivity contribution in [1.82, 2.24) is 10.2 Å². The maximum absolute atomic E-state index is 12.5. The molecule has 6 nitrogen and oxygen atoms in total. The second kappa shape index (κ2) is 11.6. The van der Waals surface area contributed by atoms with Crippen LogP contribution in [0, 0.1) is 17.3 Å². The van der Waals surface area contributed by atoms with E-state index in [1.165, 1.54) is 17.6 Å². The van der Waals surface area contributed by atoms with Crippen molar-refractivity contribution in [3.8, 4) is 0 Å². The number of allylic oxidation sites excluding steroid dienone is 1. The van der Waals surface area contributed by atoms with Crippen molar-refractivity contribution in [2.45, 2.75) is 44.6 Å². The predicted octanol–water partition coefficient (Wildman–Crippen LogP) is 3.36. The first kappa shape index (κ1) is 25.9. The molecule has 1 amide bonds. The van der Waals surface area contributed by atoms with Crippen LogP contribution in [0.2, 0.25) is 0 Å². The van der Waals surface area contributed by atoms with Crippen molar-refractivity contribution >= 4 is 11.5 Å². The van der Waals surface area contributed by atoms with Crippen LogP contribution in [0.5, 0.6) is 0 Å². The Morgan fingerprint density at radius 1 is 1.18 bits per heavy atom. The van der Waals surface area contributed by atoms with Gasteiger partial charge in [-0.15, -0.1) is 0 Å². The highest BCUT2D eigenvalue weighted by molar-refractivity contribution is 5.82. The van der Waals surface area contributed by atoms with Gasteiger partial charge >= 0.3 is 0 Å². The van der Waals surface area contributed by atoms with Crippen molar-refractivity contribution in [2.24, 2.45) is 17.3 Å². The number of ether oxygens (including phenoxy) is 2. The molecule has 0 radical (unpaired) electrons. The number of hydrogen-bond donors (Lipinski definition) is 2. The summed E-state index contributed by atoms with van der Waals surface area (Å²) in [7, 11) is 5.29. The fourth-order valence-electron chi connectivity index (χ4n) is 5.51. The molecule has 2 bridgehead atoms. The maximum atomic E-state index is 12.5. The van der Waals surface area contributed by atoms with Crippen LogP contribution in [-0.2, 0) is 14.3 Å². The van der Waals surface area contributed by atoms with Gasteiger partial charge in [0.2, 0.25) is 5.91 Å². The summed E-state index contributed by atoms with van der Waals surface area (Å²) in [6.07, 6.45) is 7.11. The molecule has 0 spiro atoms. The topological polar surface area (TPSA) is 71.0 Å². The molecule has 0 saturated heterocycles. The van der Waals surface area contributed by atoms with E-state index in [-0.39, 0.29) is 11.8 Å². The van der Waals surface area contributed by atoms with E-state index in [2.05, 4.69) is 53.7 Å². The molecule has 33 heavy (non-hydrogen) atoms. The standard InChI is InChI=1S/C27H42N2O4/c1-26(19-32-3,20-33-4)25(30)28-14-8-15-29(2)16-13-27(31)18-22-11-12-23(27)17-24(22)21-9-6-5-7-10-21/h5-7,9-10,17,22-23,31H,8,11-16,18-20H2,1-4H3,(H,28,30). The van der Waals surface area contributed by atoms with Gasteiger partial charge in [0.05, 0.1) is 24.2 Å². The van der Waals surface area contributed by atoms with Crippen LogP contribution in [0.3, 0.4) is 0 Å². The van der Waals surface area contributed by atoms with Crippen molar-refractivity contribution in [1.29, 1.82) is 0 Å². The number of nitrogens with zero attached hydrogens (tertiary/aromatic N) is 1. The van der Waals surface area contributed by atoms with Crippen LogP contribution < -0.4 is 5.32 Å². The van der Waals surface area contributed by atoms with Crippen LogP contribution >= 0.6 is 0 Å². The summed E-state index contributed by atoms with van der Waals surface area (Å²) in [4.78, 5) is 14.8. The lowest BCUT2D eigenvalue weighted by Gasteiger charge is -2.48. The number of benzene rings is 1. The summed E-state index contributed by atoms with van der Waals surface area (Å²) < 4.78 is 10.4. The second-order valence-corrected chi connectivity index (χ2v) is 10.3. The summed E-state index contributed by atoms with van der Waals surface area (Å²) >= 11 is 0. The first-order chi connectivity index (χ1) is 15.8. The number of nitrogens with one attached hydrogen (secondary N) is 1. The molecule has 1 fully saturated rings. The molecule has 0 aliphatic heterocycles. The summed E-state index contributed by atoms with van der Waals surface area (Å²) in [5.41, 5.74) is 1.45. The van der Waals surface area contributed by atoms with Gasteiger partial charge in [-0.1, -0.05) is 36.4 Å². The lowest BCUT2D eigenvalue weighted by Crippen LogP contribution is -2.48. The fourth-order valence-corrected chi connectivity index (χ4v) is 5.51. The van der Waals surface area contributed by atoms with Gasteiger partial charge in [0.15, 0.2) is 0 Å². The molecule has 2 N–H and O–H groups in total. The average molecular weight is 459 g/mol. The molecule has 3 unspecified atom stereocenters. The average Bonchev–Trinajstić information content (AvgIpc) is 2.81. The number of hydrogen-bond acceptors (Lipinski definition) is 5. The number of carbonyl (C=O) groups excluding carboxylic acids is 1. The van der Waals surface area contributed by atoms with E-state index in [0.29, 0.717) is 25.7 Å². The smallest absolute Gasteiger partial charge is 0.230 e. The number of carbonyl (C=O) groups is 1. The first-order valence-electron chi connectivity index (χ1n) is 12.3. The van der Waals surface area contributed by atoms with Gasteiger partial charge in [-0.25, -0.2) is 0 Å². The molecule has 3 atom stereocenters. The molecule has 0 heterocycles. The minimum atomic E-state index is -0.676. The largest absolute Gasteiger partial charge is 0.389 e. The highest BCUT2D eigenvalue weighted by Crippen LogP contribution is 2.51. The van der Waals surface area contributed by atoms with Gasteiger partial charge < -0.3 is 24.8 Å². The van der Waals surface area contributed by atoms with Gasteiger partial charge in [-0.05, 0) is 69.7 Å². The van der Waals surface area contributed by atoms with Crippen LogP contribution in [0.1, 0.15) is 44.6 Å². The minimum absolute atomic E-state index is 0.0394. The third-order valence-corrected chi connectivity index (χ3v) is 7.45. The van der Waals surface area contributed by atoms with Gasteiger partial charge in [0.25, 0.3) is 0 Å². The highest BCUT2D eigenvalue weighted by Gasteiger charge is 2.46. The molecular weight excluding hydrogens is 416 g/mol. The molecule has 3 aliphatic rings. The number of fused-ring (bicyclic) bond motifs is 2. The zero-order valence-electron chi connectivity index (χ0n) is 20.8. The van der Waals surface area contributed by atoms with Crippen LogP contribution in [0.4, 0.5) is 0 Å². The van der Waals surface area contributed by atoms with Gasteiger partial charge in [0.1, 0.15) is 0 Å². The van der Waals surface area contributed by atoms with Gasteiger partial charge in [-0.2, -0.15) is 0 Å². The molecule has 4 rings (SSSR count). The van der Waals surface area contributed by atoms with E-state index in [4.69, 9.17) is 9.47 Å². The molecule has 3 aliphatic carbocycles. The molecule has 1 saturated carbocycles. The minimum Gasteiger partial charge on any atom is -0.389 e. The Morgan fingerprint density at radius 3 is 2.48 bits per heavy atom. The summed E-state index contributed by atoms with van der Waals surface area (Å²) in [6, 6.07) is 10.6. The molecule has 184 valence electrons. The zero-order chi connectivity index (χ0) is 23.9. The lowest BCUT2D eigenvalue weighted by atomic mass is 9.61. The third-order valence-electron chi connectivity index (χ3n) is 7.45. The van der Waals surface area contributed by atoms with Crippen molar-refractivity contribution in [2.75, 3.05) is 54.1 Å². The molecule has 1 aromatic carbocycles. The molecule has 0 aromatic heterocycles. The van der Waals surface area contributed by atoms with Crippen LogP contribution in [-0.4, -0.2) is 75.6 Å². The molecule has 6 heteroatoms. The first-order valence-corrected chi connectivity index (χ1v) is 12.3. The lowest BCUT2D eigenvalue weighted by molar-refractivity contribution is -0.136. The Kier molecular flexibility index (Phi) is 9.10. The Labute approximate surface area is 199 Å². The quantitative estimate of drug-likeness (QED) is 0.444. The van der Waals surface area contributed by atoms with Gasteiger partial charge in [0, 0.05) is 33.2 Å². The van der Waals surface area contributed by atoms with Gasteiger partial charge in [-0.3, -0.25) is 4.79 Å². The van der Waals surface area contributed by atoms with E-state index in [1.54, 1.807) is 14.2 Å². The highest BCUT2D eigenvalue weighted by atomic mass is 16.5. The number of rotatable bonds is 13. The maximum Gasteiger partial charge on any atom is 0.230 e. The Balaban J connectivity index is 1.43. The van der Waals surface area contributed by atoms with Crippen molar-refractivity contribution in [3.05, 3.63) is 42.0 Å². The van der Waals surface area contributed by atoms with Crippen molar-refractivity contribution < 1.29 is 19.4 Å². The fraction of sp³-hybridized carbons (Fsp3) is 0.667. The Morgan fingerprint density at radius 2 is 1.88 bits per heavy atom. The molecular formula is C27H42N2O4.